The van der Waals surface area contributed by atoms with Crippen LogP contribution in [0.1, 0.15) is 5.56 Å². The van der Waals surface area contributed by atoms with Gasteiger partial charge in [-0.05, 0) is 39.7 Å². The lowest BCUT2D eigenvalue weighted by Gasteiger charge is -2.02. The number of hydroxylamine groups is 1. The second kappa shape index (κ2) is 6.09. The molecule has 0 atom stereocenters. The van der Waals surface area contributed by atoms with Gasteiger partial charge in [0.25, 0.3) is 0 Å². The highest BCUT2D eigenvalue weighted by molar-refractivity contribution is 9.10. The van der Waals surface area contributed by atoms with Crippen LogP contribution in [0.2, 0.25) is 0 Å². The van der Waals surface area contributed by atoms with Gasteiger partial charge in [0.05, 0.1) is 17.8 Å². The summed E-state index contributed by atoms with van der Waals surface area (Å²) in [5.74, 6) is 0.556. The van der Waals surface area contributed by atoms with Crippen molar-refractivity contribution >= 4 is 28.1 Å². The molecular formula is C9H11BrN4O2. The van der Waals surface area contributed by atoms with E-state index in [1.54, 1.807) is 18.7 Å². The van der Waals surface area contributed by atoms with Gasteiger partial charge in [0, 0.05) is 0 Å². The van der Waals surface area contributed by atoms with E-state index < -0.39 is 0 Å². The maximum atomic E-state index is 8.34. The summed E-state index contributed by atoms with van der Waals surface area (Å²) in [4.78, 5) is 0. The molecule has 0 spiro atoms. The summed E-state index contributed by atoms with van der Waals surface area (Å²) in [5.41, 5.74) is 7.65. The first kappa shape index (κ1) is 12.5. The van der Waals surface area contributed by atoms with E-state index in [0.717, 1.165) is 15.8 Å². The fourth-order valence-corrected chi connectivity index (χ4v) is 1.50. The highest BCUT2D eigenvalue weighted by Gasteiger charge is 1.99. The van der Waals surface area contributed by atoms with E-state index in [1.165, 1.54) is 6.21 Å². The fourth-order valence-electron chi connectivity index (χ4n) is 0.943. The van der Waals surface area contributed by atoms with Gasteiger partial charge >= 0.3 is 0 Å². The second-order valence-electron chi connectivity index (χ2n) is 2.74. The zero-order valence-corrected chi connectivity index (χ0v) is 10.1. The molecule has 16 heavy (non-hydrogen) atoms. The van der Waals surface area contributed by atoms with E-state index in [1.807, 2.05) is 12.1 Å². The number of hydrogen-bond acceptors (Lipinski definition) is 4. The van der Waals surface area contributed by atoms with Crippen LogP contribution >= 0.6 is 15.9 Å². The number of guanidine groups is 1. The number of nitrogens with two attached hydrogens (primary N) is 1. The van der Waals surface area contributed by atoms with Crippen LogP contribution < -0.4 is 16.0 Å². The lowest BCUT2D eigenvalue weighted by molar-refractivity contribution is 0.232. The molecule has 0 radical (unpaired) electrons. The van der Waals surface area contributed by atoms with Crippen LogP contribution in [0.3, 0.4) is 0 Å². The molecule has 0 saturated carbocycles. The van der Waals surface area contributed by atoms with E-state index in [0.29, 0.717) is 0 Å². The first-order valence-electron chi connectivity index (χ1n) is 4.27. The van der Waals surface area contributed by atoms with Gasteiger partial charge in [0.2, 0.25) is 5.96 Å². The Kier molecular flexibility index (Phi) is 4.74. The average molecular weight is 287 g/mol. The summed E-state index contributed by atoms with van der Waals surface area (Å²) in [6, 6.07) is 5.42. The Balaban J connectivity index is 2.79. The molecule has 0 amide bonds. The number of hydrogen-bond donors (Lipinski definition) is 3. The predicted molar refractivity (Wildman–Crippen MR) is 64.8 cm³/mol. The lowest BCUT2D eigenvalue weighted by Crippen LogP contribution is -2.27. The Labute approximate surface area is 101 Å². The maximum Gasteiger partial charge on any atom is 0.237 e. The normalized spacial score (nSPS) is 11.8. The van der Waals surface area contributed by atoms with Crippen LogP contribution in [0, 0.1) is 0 Å². The summed E-state index contributed by atoms with van der Waals surface area (Å²) < 4.78 is 5.89. The maximum absolute atomic E-state index is 8.34. The monoisotopic (exact) mass is 286 g/mol. The van der Waals surface area contributed by atoms with Crippen molar-refractivity contribution in [3.05, 3.63) is 28.2 Å². The zero-order valence-electron chi connectivity index (χ0n) is 8.51. The van der Waals surface area contributed by atoms with Crippen LogP contribution in [0.25, 0.3) is 0 Å². The molecule has 0 unspecified atom stereocenters. The Morgan fingerprint density at radius 2 is 2.38 bits per heavy atom. The van der Waals surface area contributed by atoms with Crippen LogP contribution in [0.4, 0.5) is 0 Å². The molecule has 0 saturated heterocycles. The largest absolute Gasteiger partial charge is 0.496 e. The van der Waals surface area contributed by atoms with Crippen molar-refractivity contribution in [2.45, 2.75) is 0 Å². The Bertz CT molecular complexity index is 420. The number of benzene rings is 1. The highest BCUT2D eigenvalue weighted by atomic mass is 79.9. The summed E-state index contributed by atoms with van der Waals surface area (Å²) >= 11 is 3.34. The minimum atomic E-state index is -0.177. The number of halogens is 1. The standard InChI is InChI=1S/C9H11BrN4O2/c1-16-8-3-2-6(4-7(8)10)5-12-13-9(11)14-15/h2-5,15H,1H3,(H3,11,13,14). The molecule has 0 fully saturated rings. The summed E-state index contributed by atoms with van der Waals surface area (Å²) in [5, 5.41) is 15.5. The summed E-state index contributed by atoms with van der Waals surface area (Å²) in [7, 11) is 1.59. The fraction of sp³-hybridized carbons (Fsp3) is 0.111. The van der Waals surface area contributed by atoms with Crippen molar-refractivity contribution in [1.82, 2.24) is 5.48 Å². The Morgan fingerprint density at radius 3 is 2.94 bits per heavy atom. The number of ether oxygens (including phenoxy) is 1. The SMILES string of the molecule is COc1ccc(C=N/N=C(/N)NO)cc1Br. The molecule has 0 heterocycles. The van der Waals surface area contributed by atoms with Gasteiger partial charge in [0.15, 0.2) is 0 Å². The molecule has 0 aliphatic heterocycles. The predicted octanol–water partition coefficient (Wildman–Crippen LogP) is 1.09. The van der Waals surface area contributed by atoms with Crippen molar-refractivity contribution in [1.29, 1.82) is 0 Å². The van der Waals surface area contributed by atoms with Crippen molar-refractivity contribution in [2.24, 2.45) is 15.9 Å². The smallest absolute Gasteiger partial charge is 0.237 e. The molecular weight excluding hydrogens is 276 g/mol. The molecule has 0 aliphatic carbocycles. The zero-order chi connectivity index (χ0) is 12.0. The van der Waals surface area contributed by atoms with Crippen LogP contribution in [-0.2, 0) is 0 Å². The van der Waals surface area contributed by atoms with Gasteiger partial charge in [-0.25, -0.2) is 5.48 Å². The third-order valence-corrected chi connectivity index (χ3v) is 2.28. The average Bonchev–Trinajstić information content (AvgIpc) is 2.29. The third-order valence-electron chi connectivity index (χ3n) is 1.66. The van der Waals surface area contributed by atoms with Crippen LogP contribution in [-0.4, -0.2) is 24.5 Å². The van der Waals surface area contributed by atoms with E-state index in [9.17, 15) is 0 Å². The molecule has 0 aromatic heterocycles. The van der Waals surface area contributed by atoms with Gasteiger partial charge < -0.3 is 10.5 Å². The number of nitrogens with zero attached hydrogens (tertiary/aromatic N) is 2. The van der Waals surface area contributed by atoms with Gasteiger partial charge in [-0.2, -0.15) is 5.10 Å². The first-order valence-corrected chi connectivity index (χ1v) is 5.07. The molecule has 1 aromatic carbocycles. The number of rotatable bonds is 3. The number of nitrogens with one attached hydrogen (secondary N) is 1. The van der Waals surface area contributed by atoms with Crippen molar-refractivity contribution in [2.75, 3.05) is 7.11 Å². The minimum absolute atomic E-state index is 0.177. The van der Waals surface area contributed by atoms with E-state index in [-0.39, 0.29) is 5.96 Å². The minimum Gasteiger partial charge on any atom is -0.496 e. The summed E-state index contributed by atoms with van der Waals surface area (Å²) in [6.07, 6.45) is 1.49. The second-order valence-corrected chi connectivity index (χ2v) is 3.59. The van der Waals surface area contributed by atoms with E-state index >= 15 is 0 Å². The molecule has 4 N–H and O–H groups in total. The summed E-state index contributed by atoms with van der Waals surface area (Å²) in [6.45, 7) is 0. The van der Waals surface area contributed by atoms with Gasteiger partial charge in [0.1, 0.15) is 5.75 Å². The molecule has 7 heteroatoms. The molecule has 0 aliphatic rings. The van der Waals surface area contributed by atoms with Gasteiger partial charge in [-0.1, -0.05) is 0 Å². The Hall–Kier alpha value is -1.60. The lowest BCUT2D eigenvalue weighted by atomic mass is 10.2. The van der Waals surface area contributed by atoms with E-state index in [4.69, 9.17) is 15.7 Å². The molecule has 86 valence electrons. The highest BCUT2D eigenvalue weighted by Crippen LogP contribution is 2.24. The van der Waals surface area contributed by atoms with Gasteiger partial charge in [-0.3, -0.25) is 5.21 Å². The quantitative estimate of drug-likeness (QED) is 0.441. The third kappa shape index (κ3) is 3.52. The van der Waals surface area contributed by atoms with Crippen LogP contribution in [0.5, 0.6) is 5.75 Å². The molecule has 6 nitrogen and oxygen atoms in total. The molecule has 1 aromatic rings. The number of methoxy groups -OCH3 is 1. The first-order chi connectivity index (χ1) is 7.67. The van der Waals surface area contributed by atoms with Crippen molar-refractivity contribution < 1.29 is 9.94 Å². The molecule has 0 bridgehead atoms. The molecule has 1 rings (SSSR count). The van der Waals surface area contributed by atoms with Crippen molar-refractivity contribution in [3.8, 4) is 5.75 Å². The van der Waals surface area contributed by atoms with Crippen LogP contribution in [0.15, 0.2) is 32.9 Å². The topological polar surface area (TPSA) is 92.2 Å². The van der Waals surface area contributed by atoms with Crippen molar-refractivity contribution in [3.63, 3.8) is 0 Å². The van der Waals surface area contributed by atoms with Gasteiger partial charge in [-0.15, -0.1) is 5.10 Å². The van der Waals surface area contributed by atoms with E-state index in [2.05, 4.69) is 26.1 Å². The Morgan fingerprint density at radius 1 is 1.62 bits per heavy atom.